The summed E-state index contributed by atoms with van der Waals surface area (Å²) in [4.78, 5) is 0. The van der Waals surface area contributed by atoms with E-state index < -0.39 is 0 Å². The topological polar surface area (TPSA) is 66.0 Å². The zero-order chi connectivity index (χ0) is 10.7. The van der Waals surface area contributed by atoms with Gasteiger partial charge < -0.3 is 10.5 Å². The Labute approximate surface area is 89.6 Å². The average Bonchev–Trinajstić information content (AvgIpc) is 2.63. The van der Waals surface area contributed by atoms with Crippen molar-refractivity contribution < 1.29 is 4.74 Å². The van der Waals surface area contributed by atoms with Crippen molar-refractivity contribution in [2.24, 2.45) is 12.8 Å². The summed E-state index contributed by atoms with van der Waals surface area (Å²) in [5.41, 5.74) is 6.85. The lowest BCUT2D eigenvalue weighted by atomic mass is 9.93. The fraction of sp³-hybridized carbons (Fsp3) is 0.800. The fourth-order valence-corrected chi connectivity index (χ4v) is 1.99. The third-order valence-electron chi connectivity index (χ3n) is 2.85. The van der Waals surface area contributed by atoms with Crippen molar-refractivity contribution in [2.45, 2.75) is 44.4 Å². The molecule has 5 heteroatoms. The molecule has 0 aliphatic heterocycles. The summed E-state index contributed by atoms with van der Waals surface area (Å²) in [5.74, 6) is 0. The van der Waals surface area contributed by atoms with Crippen LogP contribution in [-0.2, 0) is 18.4 Å². The number of rotatable bonds is 3. The van der Waals surface area contributed by atoms with Crippen LogP contribution in [0.4, 0.5) is 0 Å². The molecule has 0 bridgehead atoms. The Morgan fingerprint density at radius 2 is 2.33 bits per heavy atom. The average molecular weight is 210 g/mol. The number of nitrogens with zero attached hydrogens (tertiary/aromatic N) is 3. The van der Waals surface area contributed by atoms with E-state index in [4.69, 9.17) is 10.5 Å². The standard InChI is InChI=1S/C10H18N4O/c1-14-6-8(12-13-14)7-15-10-5-3-2-4-9(10)11/h6,9-10H,2-5,7,11H2,1H3. The van der Waals surface area contributed by atoms with E-state index in [1.807, 2.05) is 13.2 Å². The molecule has 15 heavy (non-hydrogen) atoms. The molecule has 1 aliphatic carbocycles. The van der Waals surface area contributed by atoms with Crippen LogP contribution in [0.3, 0.4) is 0 Å². The van der Waals surface area contributed by atoms with Crippen LogP contribution >= 0.6 is 0 Å². The van der Waals surface area contributed by atoms with E-state index in [0.29, 0.717) is 6.61 Å². The highest BCUT2D eigenvalue weighted by Gasteiger charge is 2.22. The van der Waals surface area contributed by atoms with Crippen molar-refractivity contribution in [3.8, 4) is 0 Å². The van der Waals surface area contributed by atoms with Gasteiger partial charge in [0.25, 0.3) is 0 Å². The monoisotopic (exact) mass is 210 g/mol. The van der Waals surface area contributed by atoms with Gasteiger partial charge in [-0.1, -0.05) is 18.1 Å². The lowest BCUT2D eigenvalue weighted by molar-refractivity contribution is 0.00253. The van der Waals surface area contributed by atoms with Crippen LogP contribution in [0.5, 0.6) is 0 Å². The van der Waals surface area contributed by atoms with Gasteiger partial charge in [-0.2, -0.15) is 0 Å². The smallest absolute Gasteiger partial charge is 0.108 e. The van der Waals surface area contributed by atoms with E-state index in [1.165, 1.54) is 12.8 Å². The minimum atomic E-state index is 0.190. The van der Waals surface area contributed by atoms with Crippen LogP contribution in [0.2, 0.25) is 0 Å². The van der Waals surface area contributed by atoms with Gasteiger partial charge in [0.05, 0.1) is 18.9 Å². The van der Waals surface area contributed by atoms with Crippen molar-refractivity contribution in [2.75, 3.05) is 0 Å². The lowest BCUT2D eigenvalue weighted by Gasteiger charge is -2.28. The van der Waals surface area contributed by atoms with Crippen LogP contribution in [0.25, 0.3) is 0 Å². The molecule has 2 rings (SSSR count). The van der Waals surface area contributed by atoms with Gasteiger partial charge in [0.1, 0.15) is 5.69 Å². The number of nitrogens with two attached hydrogens (primary N) is 1. The highest BCUT2D eigenvalue weighted by atomic mass is 16.5. The molecule has 1 aromatic rings. The zero-order valence-corrected chi connectivity index (χ0v) is 9.09. The SMILES string of the molecule is Cn1cc(COC2CCCCC2N)nn1. The summed E-state index contributed by atoms with van der Waals surface area (Å²) in [6, 6.07) is 0.190. The summed E-state index contributed by atoms with van der Waals surface area (Å²) < 4.78 is 7.43. The van der Waals surface area contributed by atoms with Gasteiger partial charge in [0.15, 0.2) is 0 Å². The summed E-state index contributed by atoms with van der Waals surface area (Å²) in [7, 11) is 1.85. The van der Waals surface area contributed by atoms with E-state index in [0.717, 1.165) is 18.5 Å². The van der Waals surface area contributed by atoms with Crippen molar-refractivity contribution >= 4 is 0 Å². The molecule has 0 spiro atoms. The fourth-order valence-electron chi connectivity index (χ4n) is 1.99. The van der Waals surface area contributed by atoms with E-state index in [1.54, 1.807) is 4.68 Å². The first-order valence-electron chi connectivity index (χ1n) is 5.48. The molecule has 2 atom stereocenters. The second-order valence-electron chi connectivity index (χ2n) is 4.18. The van der Waals surface area contributed by atoms with Crippen molar-refractivity contribution in [3.05, 3.63) is 11.9 Å². The Hall–Kier alpha value is -0.940. The maximum atomic E-state index is 5.98. The van der Waals surface area contributed by atoms with Gasteiger partial charge in [0, 0.05) is 13.1 Å². The molecule has 0 radical (unpaired) electrons. The van der Waals surface area contributed by atoms with Gasteiger partial charge in [0.2, 0.25) is 0 Å². The summed E-state index contributed by atoms with van der Waals surface area (Å²) in [6.45, 7) is 0.520. The summed E-state index contributed by atoms with van der Waals surface area (Å²) in [5, 5.41) is 7.83. The molecular weight excluding hydrogens is 192 g/mol. The van der Waals surface area contributed by atoms with Crippen molar-refractivity contribution in [1.82, 2.24) is 15.0 Å². The van der Waals surface area contributed by atoms with Crippen LogP contribution in [0.15, 0.2) is 6.20 Å². The minimum Gasteiger partial charge on any atom is -0.370 e. The number of hydrogen-bond acceptors (Lipinski definition) is 4. The normalized spacial score (nSPS) is 26.8. The predicted octanol–water partition coefficient (Wildman–Crippen LogP) is 0.602. The van der Waals surface area contributed by atoms with Crippen LogP contribution in [0, 0.1) is 0 Å². The van der Waals surface area contributed by atoms with E-state index in [-0.39, 0.29) is 12.1 Å². The van der Waals surface area contributed by atoms with Crippen LogP contribution in [0.1, 0.15) is 31.4 Å². The van der Waals surface area contributed by atoms with Gasteiger partial charge in [-0.05, 0) is 12.8 Å². The molecular formula is C10H18N4O. The van der Waals surface area contributed by atoms with Gasteiger partial charge >= 0.3 is 0 Å². The molecule has 1 heterocycles. The van der Waals surface area contributed by atoms with Crippen molar-refractivity contribution in [3.63, 3.8) is 0 Å². The molecule has 1 saturated carbocycles. The Morgan fingerprint density at radius 3 is 3.00 bits per heavy atom. The highest BCUT2D eigenvalue weighted by Crippen LogP contribution is 2.20. The second-order valence-corrected chi connectivity index (χ2v) is 4.18. The molecule has 0 aromatic carbocycles. The zero-order valence-electron chi connectivity index (χ0n) is 9.09. The quantitative estimate of drug-likeness (QED) is 0.793. The lowest BCUT2D eigenvalue weighted by Crippen LogP contribution is -2.39. The maximum absolute atomic E-state index is 5.98. The number of hydrogen-bond donors (Lipinski definition) is 1. The molecule has 84 valence electrons. The van der Waals surface area contributed by atoms with Gasteiger partial charge in [-0.15, -0.1) is 5.10 Å². The molecule has 1 fully saturated rings. The molecule has 5 nitrogen and oxygen atoms in total. The Balaban J connectivity index is 1.81. The first-order valence-corrected chi connectivity index (χ1v) is 5.48. The Bertz CT molecular complexity index is 312. The third-order valence-corrected chi connectivity index (χ3v) is 2.85. The Morgan fingerprint density at radius 1 is 1.53 bits per heavy atom. The van der Waals surface area contributed by atoms with E-state index in [9.17, 15) is 0 Å². The van der Waals surface area contributed by atoms with E-state index in [2.05, 4.69) is 10.3 Å². The van der Waals surface area contributed by atoms with Crippen molar-refractivity contribution in [1.29, 1.82) is 0 Å². The largest absolute Gasteiger partial charge is 0.370 e. The van der Waals surface area contributed by atoms with Gasteiger partial charge in [-0.25, -0.2) is 0 Å². The minimum absolute atomic E-state index is 0.190. The molecule has 2 N–H and O–H groups in total. The molecule has 2 unspecified atom stereocenters. The summed E-state index contributed by atoms with van der Waals surface area (Å²) >= 11 is 0. The molecule has 0 saturated heterocycles. The van der Waals surface area contributed by atoms with Crippen LogP contribution in [-0.4, -0.2) is 27.1 Å². The Kier molecular flexibility index (Phi) is 3.33. The second kappa shape index (κ2) is 4.72. The van der Waals surface area contributed by atoms with Crippen LogP contribution < -0.4 is 5.73 Å². The number of aryl methyl sites for hydroxylation is 1. The third kappa shape index (κ3) is 2.76. The summed E-state index contributed by atoms with van der Waals surface area (Å²) in [6.07, 6.45) is 6.66. The highest BCUT2D eigenvalue weighted by molar-refractivity contribution is 4.90. The number of ether oxygens (including phenoxy) is 1. The molecule has 1 aliphatic rings. The molecule has 1 aromatic heterocycles. The maximum Gasteiger partial charge on any atom is 0.108 e. The molecule has 0 amide bonds. The van der Waals surface area contributed by atoms with E-state index >= 15 is 0 Å². The first kappa shape index (κ1) is 10.6. The predicted molar refractivity (Wildman–Crippen MR) is 56.0 cm³/mol. The number of aromatic nitrogens is 3. The first-order chi connectivity index (χ1) is 7.25. The van der Waals surface area contributed by atoms with Gasteiger partial charge in [-0.3, -0.25) is 4.68 Å².